The molecule has 2 aromatic rings. The average Bonchev–Trinajstić information content (AvgIpc) is 2.99. The van der Waals surface area contributed by atoms with E-state index in [9.17, 15) is 13.7 Å². The standard InChI is InChI=1S/C25H34N4O2S/c1-3-5-14-28(15-6-4-2)32(30,31)29-20-23-16-22(18-26)12-13-25(23)27-19-24(29)17-21-10-8-7-9-11-21/h7-13,16,24,27H,3-6,14-15,17,19-20H2,1-2H3/t24-/m1/s1. The van der Waals surface area contributed by atoms with Crippen LogP contribution in [0.3, 0.4) is 0 Å². The van der Waals surface area contributed by atoms with Crippen molar-refractivity contribution < 1.29 is 8.42 Å². The van der Waals surface area contributed by atoms with Gasteiger partial charge in [0.25, 0.3) is 10.2 Å². The van der Waals surface area contributed by atoms with Gasteiger partial charge in [0.05, 0.1) is 11.6 Å². The molecular weight excluding hydrogens is 420 g/mol. The molecule has 0 unspecified atom stereocenters. The van der Waals surface area contributed by atoms with Gasteiger partial charge in [0.2, 0.25) is 0 Å². The second-order valence-corrected chi connectivity index (χ2v) is 10.2. The molecule has 6 nitrogen and oxygen atoms in total. The highest BCUT2D eigenvalue weighted by atomic mass is 32.2. The lowest BCUT2D eigenvalue weighted by molar-refractivity contribution is 0.281. The van der Waals surface area contributed by atoms with Crippen LogP contribution in [0.5, 0.6) is 0 Å². The molecule has 0 amide bonds. The number of nitriles is 1. The molecule has 1 aliphatic heterocycles. The summed E-state index contributed by atoms with van der Waals surface area (Å²) in [5.74, 6) is 0. The predicted molar refractivity (Wildman–Crippen MR) is 129 cm³/mol. The van der Waals surface area contributed by atoms with Gasteiger partial charge in [-0.25, -0.2) is 0 Å². The van der Waals surface area contributed by atoms with Crippen molar-refractivity contribution >= 4 is 15.9 Å². The molecule has 0 saturated carbocycles. The number of nitrogens with one attached hydrogen (secondary N) is 1. The van der Waals surface area contributed by atoms with Gasteiger partial charge in [-0.05, 0) is 48.6 Å². The second kappa shape index (κ2) is 11.5. The number of nitrogens with zero attached hydrogens (tertiary/aromatic N) is 3. The van der Waals surface area contributed by atoms with Crippen LogP contribution in [0.15, 0.2) is 48.5 Å². The summed E-state index contributed by atoms with van der Waals surface area (Å²) in [6, 6.07) is 17.4. The molecular formula is C25H34N4O2S. The van der Waals surface area contributed by atoms with E-state index in [0.29, 0.717) is 31.6 Å². The fourth-order valence-electron chi connectivity index (χ4n) is 4.08. The SMILES string of the molecule is CCCCN(CCCC)S(=O)(=O)N1Cc2cc(C#N)ccc2NC[C@H]1Cc1ccccc1. The first kappa shape index (κ1) is 24.2. The maximum absolute atomic E-state index is 14.0. The normalized spacial score (nSPS) is 16.8. The highest BCUT2D eigenvalue weighted by Gasteiger charge is 2.36. The molecule has 1 heterocycles. The van der Waals surface area contributed by atoms with Gasteiger partial charge in [0, 0.05) is 37.9 Å². The monoisotopic (exact) mass is 454 g/mol. The van der Waals surface area contributed by atoms with Crippen LogP contribution in [0.25, 0.3) is 0 Å². The molecule has 3 rings (SSSR count). The third-order valence-corrected chi connectivity index (χ3v) is 7.99. The summed E-state index contributed by atoms with van der Waals surface area (Å²) < 4.78 is 31.3. The van der Waals surface area contributed by atoms with Crippen LogP contribution in [0.4, 0.5) is 5.69 Å². The minimum absolute atomic E-state index is 0.230. The van der Waals surface area contributed by atoms with Gasteiger partial charge in [-0.1, -0.05) is 57.0 Å². The molecule has 172 valence electrons. The summed E-state index contributed by atoms with van der Waals surface area (Å²) in [4.78, 5) is 0. The number of hydrogen-bond acceptors (Lipinski definition) is 4. The highest BCUT2D eigenvalue weighted by molar-refractivity contribution is 7.86. The van der Waals surface area contributed by atoms with Gasteiger partial charge < -0.3 is 5.32 Å². The fraction of sp³-hybridized carbons (Fsp3) is 0.480. The van der Waals surface area contributed by atoms with E-state index < -0.39 is 10.2 Å². The molecule has 0 bridgehead atoms. The van der Waals surface area contributed by atoms with E-state index in [4.69, 9.17) is 0 Å². The van der Waals surface area contributed by atoms with Crippen molar-refractivity contribution in [2.75, 3.05) is 25.0 Å². The summed E-state index contributed by atoms with van der Waals surface area (Å²) >= 11 is 0. The largest absolute Gasteiger partial charge is 0.383 e. The van der Waals surface area contributed by atoms with E-state index >= 15 is 0 Å². The van der Waals surface area contributed by atoms with Gasteiger partial charge in [0.15, 0.2) is 0 Å². The van der Waals surface area contributed by atoms with E-state index in [1.54, 1.807) is 20.7 Å². The molecule has 2 aromatic carbocycles. The Bertz CT molecular complexity index is 1010. The Kier molecular flexibility index (Phi) is 8.68. The minimum atomic E-state index is -3.68. The van der Waals surface area contributed by atoms with E-state index in [0.717, 1.165) is 42.5 Å². The smallest absolute Gasteiger partial charge is 0.282 e. The summed E-state index contributed by atoms with van der Waals surface area (Å²) in [5, 5.41) is 12.8. The zero-order valence-corrected chi connectivity index (χ0v) is 19.9. The molecule has 0 saturated heterocycles. The topological polar surface area (TPSA) is 76.4 Å². The number of benzene rings is 2. The van der Waals surface area contributed by atoms with Crippen LogP contribution in [-0.2, 0) is 23.2 Å². The lowest BCUT2D eigenvalue weighted by atomic mass is 10.1. The average molecular weight is 455 g/mol. The van der Waals surface area contributed by atoms with Crippen molar-refractivity contribution in [2.24, 2.45) is 0 Å². The molecule has 1 aliphatic rings. The van der Waals surface area contributed by atoms with Crippen molar-refractivity contribution in [3.63, 3.8) is 0 Å². The number of fused-ring (bicyclic) bond motifs is 1. The lowest BCUT2D eigenvalue weighted by Gasteiger charge is -2.34. The van der Waals surface area contributed by atoms with Crippen molar-refractivity contribution in [2.45, 2.75) is 58.5 Å². The molecule has 0 fully saturated rings. The van der Waals surface area contributed by atoms with Crippen molar-refractivity contribution in [1.82, 2.24) is 8.61 Å². The summed E-state index contributed by atoms with van der Waals surface area (Å²) in [7, 11) is -3.68. The number of rotatable bonds is 10. The zero-order valence-electron chi connectivity index (χ0n) is 19.1. The van der Waals surface area contributed by atoms with Crippen molar-refractivity contribution in [3.8, 4) is 6.07 Å². The first-order valence-corrected chi connectivity index (χ1v) is 13.0. The lowest BCUT2D eigenvalue weighted by Crippen LogP contribution is -2.50. The van der Waals surface area contributed by atoms with Crippen LogP contribution in [0.1, 0.15) is 56.2 Å². The Morgan fingerprint density at radius 2 is 1.78 bits per heavy atom. The van der Waals surface area contributed by atoms with Crippen LogP contribution in [-0.4, -0.2) is 42.7 Å². The summed E-state index contributed by atoms with van der Waals surface area (Å²) in [6.07, 6.45) is 4.20. The van der Waals surface area contributed by atoms with Crippen molar-refractivity contribution in [3.05, 3.63) is 65.2 Å². The Morgan fingerprint density at radius 3 is 2.41 bits per heavy atom. The fourth-order valence-corrected chi connectivity index (χ4v) is 5.93. The van der Waals surface area contributed by atoms with E-state index in [1.807, 2.05) is 36.4 Å². The molecule has 0 radical (unpaired) electrons. The maximum atomic E-state index is 14.0. The van der Waals surface area contributed by atoms with Gasteiger partial charge in [-0.3, -0.25) is 0 Å². The number of anilines is 1. The predicted octanol–water partition coefficient (Wildman–Crippen LogP) is 4.54. The molecule has 0 aliphatic carbocycles. The van der Waals surface area contributed by atoms with Gasteiger partial charge >= 0.3 is 0 Å². The molecule has 7 heteroatoms. The van der Waals surface area contributed by atoms with Crippen LogP contribution in [0, 0.1) is 11.3 Å². The van der Waals surface area contributed by atoms with Crippen LogP contribution in [0.2, 0.25) is 0 Å². The van der Waals surface area contributed by atoms with Crippen LogP contribution < -0.4 is 5.32 Å². The van der Waals surface area contributed by atoms with Gasteiger partial charge in [-0.2, -0.15) is 22.3 Å². The number of unbranched alkanes of at least 4 members (excludes halogenated alkanes) is 2. The third-order valence-electron chi connectivity index (χ3n) is 5.95. The summed E-state index contributed by atoms with van der Waals surface area (Å²) in [6.45, 7) is 6.00. The van der Waals surface area contributed by atoms with Crippen LogP contribution >= 0.6 is 0 Å². The quantitative estimate of drug-likeness (QED) is 0.572. The van der Waals surface area contributed by atoms with E-state index in [-0.39, 0.29) is 12.6 Å². The van der Waals surface area contributed by atoms with Gasteiger partial charge in [-0.15, -0.1) is 0 Å². The minimum Gasteiger partial charge on any atom is -0.383 e. The molecule has 1 atom stereocenters. The zero-order chi connectivity index (χ0) is 23.0. The molecule has 1 N–H and O–H groups in total. The third kappa shape index (κ3) is 5.89. The first-order chi connectivity index (χ1) is 15.5. The van der Waals surface area contributed by atoms with Gasteiger partial charge in [0.1, 0.15) is 0 Å². The van der Waals surface area contributed by atoms with E-state index in [2.05, 4.69) is 25.2 Å². The molecule has 0 spiro atoms. The maximum Gasteiger partial charge on any atom is 0.282 e. The molecule has 0 aromatic heterocycles. The highest BCUT2D eigenvalue weighted by Crippen LogP contribution is 2.28. The summed E-state index contributed by atoms with van der Waals surface area (Å²) in [5.41, 5.74) is 3.39. The van der Waals surface area contributed by atoms with E-state index in [1.165, 1.54) is 0 Å². The van der Waals surface area contributed by atoms with Crippen molar-refractivity contribution in [1.29, 1.82) is 5.26 Å². The Labute approximate surface area is 193 Å². The second-order valence-electron chi connectivity index (χ2n) is 8.37. The first-order valence-electron chi connectivity index (χ1n) is 11.6. The Balaban J connectivity index is 1.99. The Hall–Kier alpha value is -2.40. The number of hydrogen-bond donors (Lipinski definition) is 1. The Morgan fingerprint density at radius 1 is 1.09 bits per heavy atom. The molecule has 32 heavy (non-hydrogen) atoms.